The topological polar surface area (TPSA) is 50.9 Å². The zero-order valence-electron chi connectivity index (χ0n) is 10.1. The van der Waals surface area contributed by atoms with E-state index in [9.17, 15) is 4.39 Å². The maximum atomic E-state index is 14.2. The van der Waals surface area contributed by atoms with Crippen LogP contribution in [0.4, 0.5) is 4.39 Å². The van der Waals surface area contributed by atoms with E-state index in [1.807, 2.05) is 19.1 Å². The molecule has 1 unspecified atom stereocenters. The summed E-state index contributed by atoms with van der Waals surface area (Å²) in [5.41, 5.74) is 4.62. The van der Waals surface area contributed by atoms with Gasteiger partial charge in [0.1, 0.15) is 5.82 Å². The first-order chi connectivity index (χ1) is 9.04. The van der Waals surface area contributed by atoms with Crippen LogP contribution < -0.4 is 11.3 Å². The van der Waals surface area contributed by atoms with E-state index in [2.05, 4.69) is 26.3 Å². The Balaban J connectivity index is 2.48. The van der Waals surface area contributed by atoms with Crippen LogP contribution in [0.15, 0.2) is 34.9 Å². The first kappa shape index (κ1) is 14.4. The van der Waals surface area contributed by atoms with Gasteiger partial charge in [-0.15, -0.1) is 0 Å². The molecule has 0 fully saturated rings. The maximum Gasteiger partial charge on any atom is 0.148 e. The monoisotopic (exact) mass is 343 g/mol. The lowest BCUT2D eigenvalue weighted by Gasteiger charge is -2.18. The van der Waals surface area contributed by atoms with Crippen LogP contribution in [0, 0.1) is 12.7 Å². The van der Waals surface area contributed by atoms with Gasteiger partial charge in [0.05, 0.1) is 11.1 Å². The van der Waals surface area contributed by atoms with Crippen molar-refractivity contribution in [1.82, 2.24) is 10.4 Å². The summed E-state index contributed by atoms with van der Waals surface area (Å²) in [6.45, 7) is 1.88. The molecule has 6 heteroatoms. The van der Waals surface area contributed by atoms with Crippen molar-refractivity contribution >= 4 is 27.5 Å². The Morgan fingerprint density at radius 1 is 1.37 bits per heavy atom. The number of hydrogen-bond donors (Lipinski definition) is 2. The van der Waals surface area contributed by atoms with E-state index in [-0.39, 0.29) is 5.02 Å². The minimum atomic E-state index is -0.501. The number of nitrogens with zero attached hydrogens (tertiary/aromatic N) is 1. The van der Waals surface area contributed by atoms with E-state index in [0.29, 0.717) is 10.0 Å². The summed E-state index contributed by atoms with van der Waals surface area (Å²) in [7, 11) is 0. The molecule has 3 N–H and O–H groups in total. The van der Waals surface area contributed by atoms with Crippen molar-refractivity contribution in [1.29, 1.82) is 0 Å². The normalized spacial score (nSPS) is 12.5. The van der Waals surface area contributed by atoms with Gasteiger partial charge in [0.15, 0.2) is 0 Å². The second-order valence-electron chi connectivity index (χ2n) is 4.10. The summed E-state index contributed by atoms with van der Waals surface area (Å²) in [5.74, 6) is 5.03. The molecule has 1 aromatic heterocycles. The summed E-state index contributed by atoms with van der Waals surface area (Å²) in [4.78, 5) is 4.18. The van der Waals surface area contributed by atoms with Gasteiger partial charge in [0.2, 0.25) is 0 Å². The number of benzene rings is 1. The highest BCUT2D eigenvalue weighted by Gasteiger charge is 2.20. The lowest BCUT2D eigenvalue weighted by molar-refractivity contribution is 0.559. The zero-order chi connectivity index (χ0) is 14.0. The minimum absolute atomic E-state index is 0.0396. The fraction of sp³-hybridized carbons (Fsp3) is 0.154. The van der Waals surface area contributed by atoms with Crippen molar-refractivity contribution in [3.05, 3.63) is 62.6 Å². The van der Waals surface area contributed by atoms with Crippen LogP contribution in [-0.2, 0) is 0 Å². The number of hydrogen-bond acceptors (Lipinski definition) is 3. The molecule has 0 radical (unpaired) electrons. The number of pyridine rings is 1. The third-order valence-corrected chi connectivity index (χ3v) is 4.07. The summed E-state index contributed by atoms with van der Waals surface area (Å²) in [5, 5.41) is 0.0396. The fourth-order valence-corrected chi connectivity index (χ4v) is 2.26. The Morgan fingerprint density at radius 2 is 2.11 bits per heavy atom. The zero-order valence-corrected chi connectivity index (χ0v) is 12.5. The van der Waals surface area contributed by atoms with Crippen LogP contribution in [0.1, 0.15) is 22.9 Å². The summed E-state index contributed by atoms with van der Waals surface area (Å²) < 4.78 is 14.7. The van der Waals surface area contributed by atoms with Crippen LogP contribution >= 0.6 is 27.5 Å². The number of nitrogens with one attached hydrogen (secondary N) is 1. The molecule has 19 heavy (non-hydrogen) atoms. The highest BCUT2D eigenvalue weighted by Crippen LogP contribution is 2.32. The van der Waals surface area contributed by atoms with E-state index in [1.165, 1.54) is 0 Å². The molecular weight excluding hydrogens is 333 g/mol. The summed E-state index contributed by atoms with van der Waals surface area (Å²) >= 11 is 9.07. The molecule has 0 aliphatic rings. The molecule has 2 rings (SSSR count). The fourth-order valence-electron chi connectivity index (χ4n) is 1.78. The van der Waals surface area contributed by atoms with Crippen LogP contribution in [0.2, 0.25) is 5.02 Å². The molecule has 0 spiro atoms. The Morgan fingerprint density at radius 3 is 2.68 bits per heavy atom. The maximum absolute atomic E-state index is 14.2. The van der Waals surface area contributed by atoms with Gasteiger partial charge in [-0.3, -0.25) is 10.8 Å². The Kier molecular flexibility index (Phi) is 4.52. The van der Waals surface area contributed by atoms with E-state index in [0.717, 1.165) is 11.3 Å². The molecule has 3 nitrogen and oxygen atoms in total. The molecule has 0 saturated carbocycles. The highest BCUT2D eigenvalue weighted by molar-refractivity contribution is 9.10. The van der Waals surface area contributed by atoms with Gasteiger partial charge in [-0.1, -0.05) is 23.7 Å². The number of aromatic nitrogens is 1. The number of rotatable bonds is 3. The predicted octanol–water partition coefficient (Wildman–Crippen LogP) is 3.50. The first-order valence-electron chi connectivity index (χ1n) is 5.56. The lowest BCUT2D eigenvalue weighted by atomic mass is 10.00. The third-order valence-electron chi connectivity index (χ3n) is 2.81. The van der Waals surface area contributed by atoms with Crippen molar-refractivity contribution in [3.8, 4) is 0 Å². The van der Waals surface area contributed by atoms with Crippen molar-refractivity contribution in [2.75, 3.05) is 0 Å². The standard InChI is InChI=1S/C13H12BrClFN3/c1-7-2-3-8(6-18-7)13(19-17)9-4-5-10(14)11(15)12(9)16/h2-6,13,19H,17H2,1H3. The van der Waals surface area contributed by atoms with E-state index in [4.69, 9.17) is 17.4 Å². The predicted molar refractivity (Wildman–Crippen MR) is 77.3 cm³/mol. The van der Waals surface area contributed by atoms with E-state index < -0.39 is 11.9 Å². The molecule has 0 aliphatic carbocycles. The molecule has 1 atom stereocenters. The smallest absolute Gasteiger partial charge is 0.148 e. The summed E-state index contributed by atoms with van der Waals surface area (Å²) in [6, 6.07) is 6.52. The van der Waals surface area contributed by atoms with Gasteiger partial charge in [0, 0.05) is 21.9 Å². The Labute approximate surface area is 124 Å². The quantitative estimate of drug-likeness (QED) is 0.509. The minimum Gasteiger partial charge on any atom is -0.271 e. The van der Waals surface area contributed by atoms with Gasteiger partial charge in [-0.05, 0) is 40.5 Å². The number of halogens is 3. The Hall–Kier alpha value is -1.01. The average Bonchev–Trinajstić information content (AvgIpc) is 2.41. The van der Waals surface area contributed by atoms with Crippen molar-refractivity contribution in [2.45, 2.75) is 13.0 Å². The molecule has 100 valence electrons. The van der Waals surface area contributed by atoms with Gasteiger partial charge in [-0.25, -0.2) is 9.82 Å². The van der Waals surface area contributed by atoms with Crippen LogP contribution in [-0.4, -0.2) is 4.98 Å². The molecule has 0 amide bonds. The van der Waals surface area contributed by atoms with E-state index in [1.54, 1.807) is 18.3 Å². The lowest BCUT2D eigenvalue weighted by Crippen LogP contribution is -2.29. The summed E-state index contributed by atoms with van der Waals surface area (Å²) in [6.07, 6.45) is 1.66. The van der Waals surface area contributed by atoms with Gasteiger partial charge in [0.25, 0.3) is 0 Å². The number of hydrazine groups is 1. The molecule has 0 saturated heterocycles. The molecule has 1 aromatic carbocycles. The third kappa shape index (κ3) is 2.95. The molecule has 2 aromatic rings. The van der Waals surface area contributed by atoms with Crippen molar-refractivity contribution < 1.29 is 4.39 Å². The number of aryl methyl sites for hydroxylation is 1. The van der Waals surface area contributed by atoms with Crippen molar-refractivity contribution in [2.24, 2.45) is 5.84 Å². The van der Waals surface area contributed by atoms with Gasteiger partial charge in [-0.2, -0.15) is 0 Å². The van der Waals surface area contributed by atoms with Crippen molar-refractivity contribution in [3.63, 3.8) is 0 Å². The molecular formula is C13H12BrClFN3. The Bertz CT molecular complexity index is 589. The van der Waals surface area contributed by atoms with E-state index >= 15 is 0 Å². The molecule has 0 aliphatic heterocycles. The van der Waals surface area contributed by atoms with Crippen LogP contribution in [0.3, 0.4) is 0 Å². The average molecular weight is 345 g/mol. The molecule has 1 heterocycles. The first-order valence-corrected chi connectivity index (χ1v) is 6.73. The SMILES string of the molecule is Cc1ccc(C(NN)c2ccc(Br)c(Cl)c2F)cn1. The molecule has 0 bridgehead atoms. The van der Waals surface area contributed by atoms with Gasteiger partial charge >= 0.3 is 0 Å². The highest BCUT2D eigenvalue weighted by atomic mass is 79.9. The second kappa shape index (κ2) is 5.96. The van der Waals surface area contributed by atoms with Crippen LogP contribution in [0.5, 0.6) is 0 Å². The second-order valence-corrected chi connectivity index (χ2v) is 5.33. The van der Waals surface area contributed by atoms with Gasteiger partial charge < -0.3 is 0 Å². The van der Waals surface area contributed by atoms with Crippen LogP contribution in [0.25, 0.3) is 0 Å². The largest absolute Gasteiger partial charge is 0.271 e. The number of nitrogens with two attached hydrogens (primary N) is 1.